The van der Waals surface area contributed by atoms with Crippen LogP contribution in [0.15, 0.2) is 4.79 Å². The van der Waals surface area contributed by atoms with Gasteiger partial charge in [0.05, 0.1) is 0 Å². The predicted octanol–water partition coefficient (Wildman–Crippen LogP) is 1.03. The molecular weight excluding hydrogens is 198 g/mol. The summed E-state index contributed by atoms with van der Waals surface area (Å²) < 4.78 is 0. The molecule has 1 fully saturated rings. The molecule has 0 bridgehead atoms. The Morgan fingerprint density at radius 1 is 1.50 bits per heavy atom. The first kappa shape index (κ1) is 9.86. The highest BCUT2D eigenvalue weighted by atomic mass is 32.1. The van der Waals surface area contributed by atoms with Crippen LogP contribution >= 0.6 is 11.3 Å². The Balaban J connectivity index is 2.07. The van der Waals surface area contributed by atoms with Crippen LogP contribution in [0.3, 0.4) is 0 Å². The van der Waals surface area contributed by atoms with Crippen molar-refractivity contribution in [2.24, 2.45) is 0 Å². The van der Waals surface area contributed by atoms with Crippen molar-refractivity contribution in [2.75, 3.05) is 20.1 Å². The number of rotatable bonds is 1. The zero-order valence-corrected chi connectivity index (χ0v) is 9.14. The van der Waals surface area contributed by atoms with Crippen molar-refractivity contribution >= 4 is 11.3 Å². The van der Waals surface area contributed by atoms with Crippen LogP contribution in [0.1, 0.15) is 30.2 Å². The first-order valence-electron chi connectivity index (χ1n) is 4.99. The lowest BCUT2D eigenvalue weighted by atomic mass is 10.0. The predicted molar refractivity (Wildman–Crippen MR) is 56.8 cm³/mol. The molecule has 0 aromatic carbocycles. The Morgan fingerprint density at radius 2 is 2.36 bits per heavy atom. The van der Waals surface area contributed by atoms with E-state index in [1.54, 1.807) is 0 Å². The fourth-order valence-corrected chi connectivity index (χ4v) is 2.68. The molecule has 0 unspecified atom stereocenters. The lowest BCUT2D eigenvalue weighted by Gasteiger charge is -2.12. The van der Waals surface area contributed by atoms with Crippen molar-refractivity contribution in [1.29, 1.82) is 0 Å². The summed E-state index contributed by atoms with van der Waals surface area (Å²) in [6.45, 7) is 2.27. The summed E-state index contributed by atoms with van der Waals surface area (Å²) in [4.78, 5) is 13.3. The average molecular weight is 213 g/mol. The molecule has 0 amide bonds. The standard InChI is InChI=1S/C9H15N3OS/c1-12-5-2-3-7(4-6-12)8-10-11-9(13)14-8/h7H,2-6H2,1H3,(H,11,13)/t7-/m0/s1. The monoisotopic (exact) mass is 213 g/mol. The molecule has 1 N–H and O–H groups in total. The van der Waals surface area contributed by atoms with Gasteiger partial charge in [0.15, 0.2) is 0 Å². The van der Waals surface area contributed by atoms with Gasteiger partial charge in [0, 0.05) is 5.92 Å². The third-order valence-electron chi connectivity index (χ3n) is 2.76. The molecule has 0 aliphatic carbocycles. The molecular formula is C9H15N3OS. The van der Waals surface area contributed by atoms with Crippen molar-refractivity contribution in [3.8, 4) is 0 Å². The Bertz CT molecular complexity index is 346. The lowest BCUT2D eigenvalue weighted by molar-refractivity contribution is 0.347. The van der Waals surface area contributed by atoms with Gasteiger partial charge >= 0.3 is 4.87 Å². The van der Waals surface area contributed by atoms with E-state index in [9.17, 15) is 4.79 Å². The SMILES string of the molecule is CN1CCC[C@H](c2n[nH]c(=O)s2)CC1. The summed E-state index contributed by atoms with van der Waals surface area (Å²) in [7, 11) is 2.15. The first-order valence-corrected chi connectivity index (χ1v) is 5.81. The number of aromatic nitrogens is 2. The molecule has 1 aromatic rings. The van der Waals surface area contributed by atoms with Crippen molar-refractivity contribution < 1.29 is 0 Å². The average Bonchev–Trinajstić information content (AvgIpc) is 2.46. The second-order valence-electron chi connectivity index (χ2n) is 3.88. The summed E-state index contributed by atoms with van der Waals surface area (Å²) in [6, 6.07) is 0. The summed E-state index contributed by atoms with van der Waals surface area (Å²) in [6.07, 6.45) is 3.48. The van der Waals surface area contributed by atoms with Crippen molar-refractivity contribution in [1.82, 2.24) is 15.1 Å². The number of H-pyrrole nitrogens is 1. The van der Waals surface area contributed by atoms with Gasteiger partial charge in [-0.1, -0.05) is 11.3 Å². The quantitative estimate of drug-likeness (QED) is 0.758. The molecule has 4 nitrogen and oxygen atoms in total. The Hall–Kier alpha value is -0.680. The van der Waals surface area contributed by atoms with Gasteiger partial charge in [-0.3, -0.25) is 4.79 Å². The van der Waals surface area contributed by atoms with E-state index in [1.807, 2.05) is 0 Å². The van der Waals surface area contributed by atoms with Gasteiger partial charge in [-0.05, 0) is 39.4 Å². The second-order valence-corrected chi connectivity index (χ2v) is 4.88. The van der Waals surface area contributed by atoms with E-state index in [2.05, 4.69) is 22.1 Å². The maximum Gasteiger partial charge on any atom is 0.322 e. The van der Waals surface area contributed by atoms with Gasteiger partial charge in [0.1, 0.15) is 5.01 Å². The van der Waals surface area contributed by atoms with Crippen molar-refractivity contribution in [3.63, 3.8) is 0 Å². The topological polar surface area (TPSA) is 49.0 Å². The molecule has 1 atom stereocenters. The molecule has 1 aliphatic heterocycles. The van der Waals surface area contributed by atoms with Crippen LogP contribution < -0.4 is 4.87 Å². The lowest BCUT2D eigenvalue weighted by Crippen LogP contribution is -2.18. The molecule has 78 valence electrons. The van der Waals surface area contributed by atoms with Gasteiger partial charge in [-0.2, -0.15) is 5.10 Å². The van der Waals surface area contributed by atoms with E-state index in [4.69, 9.17) is 0 Å². The molecule has 14 heavy (non-hydrogen) atoms. The molecule has 1 aromatic heterocycles. The Kier molecular flexibility index (Phi) is 2.98. The minimum absolute atomic E-state index is 0.0300. The van der Waals surface area contributed by atoms with Crippen LogP contribution in [0.4, 0.5) is 0 Å². The molecule has 0 spiro atoms. The fraction of sp³-hybridized carbons (Fsp3) is 0.778. The molecule has 1 aliphatic rings. The molecule has 0 saturated carbocycles. The van der Waals surface area contributed by atoms with Gasteiger partial charge in [-0.15, -0.1) is 0 Å². The minimum atomic E-state index is -0.0300. The van der Waals surface area contributed by atoms with E-state index in [-0.39, 0.29) is 4.87 Å². The second kappa shape index (κ2) is 4.23. The number of nitrogens with one attached hydrogen (secondary N) is 1. The third-order valence-corrected chi connectivity index (χ3v) is 3.67. The van der Waals surface area contributed by atoms with E-state index in [0.717, 1.165) is 30.9 Å². The van der Waals surface area contributed by atoms with Crippen molar-refractivity contribution in [3.05, 3.63) is 14.7 Å². The van der Waals surface area contributed by atoms with Gasteiger partial charge < -0.3 is 4.90 Å². The molecule has 5 heteroatoms. The van der Waals surface area contributed by atoms with Crippen LogP contribution in [0.5, 0.6) is 0 Å². The smallest absolute Gasteiger partial charge is 0.306 e. The maximum absolute atomic E-state index is 11.0. The first-order chi connectivity index (χ1) is 6.75. The minimum Gasteiger partial charge on any atom is -0.306 e. The molecule has 1 saturated heterocycles. The van der Waals surface area contributed by atoms with Gasteiger partial charge in [0.2, 0.25) is 0 Å². The zero-order chi connectivity index (χ0) is 9.97. The van der Waals surface area contributed by atoms with Crippen LogP contribution in [0.25, 0.3) is 0 Å². The number of aromatic amines is 1. The summed E-state index contributed by atoms with van der Waals surface area (Å²) in [5.41, 5.74) is 0. The van der Waals surface area contributed by atoms with Crippen LogP contribution in [0.2, 0.25) is 0 Å². The van der Waals surface area contributed by atoms with E-state index in [1.165, 1.54) is 17.8 Å². The third kappa shape index (κ3) is 2.22. The van der Waals surface area contributed by atoms with Crippen molar-refractivity contribution in [2.45, 2.75) is 25.2 Å². The Labute approximate surface area is 86.9 Å². The largest absolute Gasteiger partial charge is 0.322 e. The van der Waals surface area contributed by atoms with Gasteiger partial charge in [-0.25, -0.2) is 5.10 Å². The fourth-order valence-electron chi connectivity index (χ4n) is 1.90. The van der Waals surface area contributed by atoms with Gasteiger partial charge in [0.25, 0.3) is 0 Å². The highest BCUT2D eigenvalue weighted by molar-refractivity contribution is 7.08. The number of hydrogen-bond donors (Lipinski definition) is 1. The summed E-state index contributed by atoms with van der Waals surface area (Å²) in [5, 5.41) is 7.56. The number of hydrogen-bond acceptors (Lipinski definition) is 4. The van der Waals surface area contributed by atoms with Crippen LogP contribution in [0, 0.1) is 0 Å². The highest BCUT2D eigenvalue weighted by Gasteiger charge is 2.19. The van der Waals surface area contributed by atoms with E-state index >= 15 is 0 Å². The maximum atomic E-state index is 11.0. The summed E-state index contributed by atoms with van der Waals surface area (Å²) >= 11 is 1.26. The molecule has 0 radical (unpaired) electrons. The van der Waals surface area contributed by atoms with E-state index < -0.39 is 0 Å². The van der Waals surface area contributed by atoms with Crippen LogP contribution in [-0.2, 0) is 0 Å². The highest BCUT2D eigenvalue weighted by Crippen LogP contribution is 2.27. The number of likely N-dealkylation sites (tertiary alicyclic amines) is 1. The molecule has 2 heterocycles. The normalized spacial score (nSPS) is 24.8. The summed E-state index contributed by atoms with van der Waals surface area (Å²) in [5.74, 6) is 0.490. The van der Waals surface area contributed by atoms with E-state index in [0.29, 0.717) is 5.92 Å². The Morgan fingerprint density at radius 3 is 3.07 bits per heavy atom. The number of nitrogens with zero attached hydrogens (tertiary/aromatic N) is 2. The van der Waals surface area contributed by atoms with Crippen LogP contribution in [-0.4, -0.2) is 35.2 Å². The molecule has 2 rings (SSSR count). The zero-order valence-electron chi connectivity index (χ0n) is 8.32.